The van der Waals surface area contributed by atoms with Crippen molar-refractivity contribution in [2.45, 2.75) is 24.4 Å². The van der Waals surface area contributed by atoms with Crippen molar-refractivity contribution in [1.29, 1.82) is 0 Å². The van der Waals surface area contributed by atoms with Crippen molar-refractivity contribution in [2.24, 2.45) is 0 Å². The van der Waals surface area contributed by atoms with Crippen molar-refractivity contribution in [3.8, 4) is 0 Å². The van der Waals surface area contributed by atoms with E-state index in [1.807, 2.05) is 24.3 Å². The quantitative estimate of drug-likeness (QED) is 0.238. The van der Waals surface area contributed by atoms with Crippen molar-refractivity contribution in [3.63, 3.8) is 0 Å². The van der Waals surface area contributed by atoms with Crippen molar-refractivity contribution < 1.29 is 19.9 Å². The molecule has 4 atom stereocenters. The molecule has 6 nitrogen and oxygen atoms in total. The first-order chi connectivity index (χ1) is 12.6. The lowest BCUT2D eigenvalue weighted by atomic mass is 9.81. The van der Waals surface area contributed by atoms with Gasteiger partial charge in [0.1, 0.15) is 24.4 Å². The Labute approximate surface area is 146 Å². The molecule has 4 aromatic rings. The first-order valence-electron chi connectivity index (χ1n) is 8.46. The van der Waals surface area contributed by atoms with E-state index in [0.29, 0.717) is 10.9 Å². The maximum absolute atomic E-state index is 11.4. The third kappa shape index (κ3) is 1.57. The second kappa shape index (κ2) is 4.48. The highest BCUT2D eigenvalue weighted by molar-refractivity contribution is 6.25. The van der Waals surface area contributed by atoms with Gasteiger partial charge in [-0.3, -0.25) is 10.1 Å². The summed E-state index contributed by atoms with van der Waals surface area (Å²) in [6, 6.07) is 12.7. The van der Waals surface area contributed by atoms with Gasteiger partial charge in [0.05, 0.1) is 10.3 Å². The molecule has 0 amide bonds. The molecule has 1 fully saturated rings. The molecular weight excluding hydrogens is 334 g/mol. The molecule has 1 aliphatic carbocycles. The van der Waals surface area contributed by atoms with Crippen LogP contribution in [0, 0.1) is 10.1 Å². The number of non-ortho nitro benzene ring substituents is 1. The summed E-state index contributed by atoms with van der Waals surface area (Å²) in [6.07, 6.45) is -2.54. The zero-order chi connectivity index (χ0) is 17.7. The monoisotopic (exact) mass is 347 g/mol. The van der Waals surface area contributed by atoms with Crippen LogP contribution < -0.4 is 0 Å². The number of hydrogen-bond donors (Lipinski definition) is 2. The van der Waals surface area contributed by atoms with E-state index in [0.717, 1.165) is 32.5 Å². The molecular formula is C20H13NO5. The first-order valence-corrected chi connectivity index (χ1v) is 8.46. The van der Waals surface area contributed by atoms with Crippen LogP contribution in [0.15, 0.2) is 42.5 Å². The molecule has 128 valence electrons. The Morgan fingerprint density at radius 2 is 1.65 bits per heavy atom. The summed E-state index contributed by atoms with van der Waals surface area (Å²) in [5, 5.41) is 37.3. The summed E-state index contributed by atoms with van der Waals surface area (Å²) in [4.78, 5) is 11.1. The number of nitro benzene ring substituents is 1. The molecule has 0 bridgehead atoms. The van der Waals surface area contributed by atoms with Crippen LogP contribution in [0.4, 0.5) is 5.69 Å². The molecule has 26 heavy (non-hydrogen) atoms. The van der Waals surface area contributed by atoms with E-state index < -0.39 is 12.2 Å². The summed E-state index contributed by atoms with van der Waals surface area (Å²) in [6.45, 7) is 0. The van der Waals surface area contributed by atoms with Crippen LogP contribution in [0.1, 0.15) is 23.3 Å². The highest BCUT2D eigenvalue weighted by atomic mass is 16.6. The summed E-state index contributed by atoms with van der Waals surface area (Å²) < 4.78 is 5.62. The smallest absolute Gasteiger partial charge is 0.277 e. The Bertz CT molecular complexity index is 1250. The molecule has 1 unspecified atom stereocenters. The van der Waals surface area contributed by atoms with Gasteiger partial charge >= 0.3 is 0 Å². The fraction of sp³-hybridized carbons (Fsp3) is 0.200. The Kier molecular flexibility index (Phi) is 2.48. The number of rotatable bonds is 1. The minimum Gasteiger partial charge on any atom is -0.387 e. The fourth-order valence-corrected chi connectivity index (χ4v) is 4.61. The largest absolute Gasteiger partial charge is 0.387 e. The number of benzene rings is 4. The van der Waals surface area contributed by atoms with Crippen LogP contribution in [-0.4, -0.2) is 27.3 Å². The van der Waals surface area contributed by atoms with Gasteiger partial charge in [-0.15, -0.1) is 0 Å². The van der Waals surface area contributed by atoms with E-state index >= 15 is 0 Å². The molecule has 6 heteroatoms. The van der Waals surface area contributed by atoms with E-state index in [1.54, 1.807) is 12.1 Å². The van der Waals surface area contributed by atoms with Crippen LogP contribution in [-0.2, 0) is 4.74 Å². The van der Waals surface area contributed by atoms with Crippen LogP contribution in [0.5, 0.6) is 0 Å². The highest BCUT2D eigenvalue weighted by Crippen LogP contribution is 2.54. The molecule has 1 saturated heterocycles. The van der Waals surface area contributed by atoms with Crippen LogP contribution in [0.2, 0.25) is 0 Å². The molecule has 0 spiro atoms. The Hall–Kier alpha value is -2.80. The predicted octanol–water partition coefficient (Wildman–Crippen LogP) is 3.34. The summed E-state index contributed by atoms with van der Waals surface area (Å²) >= 11 is 0. The number of hydrogen-bond acceptors (Lipinski definition) is 5. The summed E-state index contributed by atoms with van der Waals surface area (Å²) in [7, 11) is 0. The Morgan fingerprint density at radius 3 is 2.46 bits per heavy atom. The number of fused-ring (bicyclic) bond motifs is 4. The van der Waals surface area contributed by atoms with Gasteiger partial charge in [-0.1, -0.05) is 18.2 Å². The van der Waals surface area contributed by atoms with E-state index in [4.69, 9.17) is 4.74 Å². The second-order valence-electron chi connectivity index (χ2n) is 7.10. The number of aliphatic hydroxyl groups is 2. The van der Waals surface area contributed by atoms with E-state index in [-0.39, 0.29) is 22.8 Å². The standard InChI is InChI=1S/C20H13NO5/c22-17-12-7-9-2-4-10-13(21(24)25)6-3-8-1-5-11(15(9)14(8)10)16(12)19-20(26-19)18(17)23/h1-7,17-20,22-23H/t17-,18?,19+,20-/m1/s1. The second-order valence-corrected chi connectivity index (χ2v) is 7.10. The maximum Gasteiger partial charge on any atom is 0.277 e. The summed E-state index contributed by atoms with van der Waals surface area (Å²) in [5.74, 6) is 0. The molecule has 0 radical (unpaired) electrons. The molecule has 0 aromatic heterocycles. The van der Waals surface area contributed by atoms with Crippen molar-refractivity contribution in [3.05, 3.63) is 63.7 Å². The zero-order valence-electron chi connectivity index (χ0n) is 13.4. The first kappa shape index (κ1) is 14.4. The Balaban J connectivity index is 1.82. The van der Waals surface area contributed by atoms with E-state index in [2.05, 4.69) is 0 Å². The maximum atomic E-state index is 11.4. The zero-order valence-corrected chi connectivity index (χ0v) is 13.4. The van der Waals surface area contributed by atoms with Gasteiger partial charge in [-0.2, -0.15) is 0 Å². The Morgan fingerprint density at radius 1 is 0.962 bits per heavy atom. The topological polar surface area (TPSA) is 96.1 Å². The van der Waals surface area contributed by atoms with Gasteiger partial charge in [0.2, 0.25) is 0 Å². The number of epoxide rings is 1. The number of nitro groups is 1. The van der Waals surface area contributed by atoms with Gasteiger partial charge in [0, 0.05) is 11.5 Å². The third-order valence-corrected chi connectivity index (χ3v) is 5.82. The average Bonchev–Trinajstić information content (AvgIpc) is 3.43. The molecule has 6 rings (SSSR count). The molecule has 0 saturated carbocycles. The number of ether oxygens (including phenoxy) is 1. The predicted molar refractivity (Wildman–Crippen MR) is 95.4 cm³/mol. The molecule has 2 N–H and O–H groups in total. The SMILES string of the molecule is O=[N+]([O-])c1ccc2ccc3c4c(cc5ccc1c2c53)[C@@H](O)C(O)[C@H]1O[C@@H]41. The highest BCUT2D eigenvalue weighted by Gasteiger charge is 2.54. The third-order valence-electron chi connectivity index (χ3n) is 5.82. The van der Waals surface area contributed by atoms with Crippen LogP contribution in [0.3, 0.4) is 0 Å². The van der Waals surface area contributed by atoms with Crippen molar-refractivity contribution >= 4 is 38.0 Å². The molecule has 1 aliphatic heterocycles. The minimum atomic E-state index is -0.995. The lowest BCUT2D eigenvalue weighted by Crippen LogP contribution is -2.29. The number of aliphatic hydroxyl groups excluding tert-OH is 2. The van der Waals surface area contributed by atoms with Crippen LogP contribution >= 0.6 is 0 Å². The average molecular weight is 347 g/mol. The number of nitrogens with zero attached hydrogens (tertiary/aromatic N) is 1. The van der Waals surface area contributed by atoms with Gasteiger partial charge < -0.3 is 14.9 Å². The summed E-state index contributed by atoms with van der Waals surface area (Å²) in [5.41, 5.74) is 1.65. The van der Waals surface area contributed by atoms with Gasteiger partial charge in [-0.05, 0) is 50.9 Å². The lowest BCUT2D eigenvalue weighted by molar-refractivity contribution is -0.383. The van der Waals surface area contributed by atoms with Gasteiger partial charge in [-0.25, -0.2) is 0 Å². The molecule has 1 heterocycles. The van der Waals surface area contributed by atoms with Crippen LogP contribution in [0.25, 0.3) is 32.3 Å². The molecule has 2 aliphatic rings. The van der Waals surface area contributed by atoms with Gasteiger partial charge in [0.25, 0.3) is 5.69 Å². The fourth-order valence-electron chi connectivity index (χ4n) is 4.61. The van der Waals surface area contributed by atoms with E-state index in [1.165, 1.54) is 6.07 Å². The lowest BCUT2D eigenvalue weighted by Gasteiger charge is -2.25. The molecule has 4 aromatic carbocycles. The van der Waals surface area contributed by atoms with Crippen molar-refractivity contribution in [2.75, 3.05) is 0 Å². The normalized spacial score (nSPS) is 27.0. The van der Waals surface area contributed by atoms with Gasteiger partial charge in [0.15, 0.2) is 0 Å². The minimum absolute atomic E-state index is 0.0839. The van der Waals surface area contributed by atoms with Crippen molar-refractivity contribution in [1.82, 2.24) is 0 Å². The van der Waals surface area contributed by atoms with E-state index in [9.17, 15) is 20.3 Å².